The van der Waals surface area contributed by atoms with E-state index in [4.69, 9.17) is 22.1 Å². The number of esters is 1. The number of nitrogens with two attached hydrogens (primary N) is 1. The molecule has 0 radical (unpaired) electrons. The maximum absolute atomic E-state index is 11.6. The minimum Gasteiger partial charge on any atom is -0.464 e. The van der Waals surface area contributed by atoms with Gasteiger partial charge in [0.15, 0.2) is 0 Å². The molecule has 1 aromatic rings. The Balaban J connectivity index is 2.51. The van der Waals surface area contributed by atoms with Gasteiger partial charge in [-0.2, -0.15) is 0 Å². The molecule has 0 aromatic heterocycles. The number of carbonyl (C=O) groups is 1. The molecule has 0 heterocycles. The van der Waals surface area contributed by atoms with Crippen LogP contribution in [-0.2, 0) is 16.0 Å². The summed E-state index contributed by atoms with van der Waals surface area (Å²) in [4.78, 5) is 11.6. The first-order valence-corrected chi connectivity index (χ1v) is 6.04. The van der Waals surface area contributed by atoms with Crippen LogP contribution in [0.15, 0.2) is 24.3 Å². The molecular weight excluding hydrogens is 238 g/mol. The molecule has 1 rings (SSSR count). The first-order valence-electron chi connectivity index (χ1n) is 5.66. The lowest BCUT2D eigenvalue weighted by atomic mass is 10.1. The van der Waals surface area contributed by atoms with Crippen molar-refractivity contribution in [3.63, 3.8) is 0 Å². The molecule has 3 nitrogen and oxygen atoms in total. The van der Waals surface area contributed by atoms with Crippen LogP contribution < -0.4 is 5.73 Å². The summed E-state index contributed by atoms with van der Waals surface area (Å²) >= 11 is 5.99. The SMILES string of the molecule is CC(C)COC(=O)C(N)Cc1ccccc1Cl. The highest BCUT2D eigenvalue weighted by atomic mass is 35.5. The van der Waals surface area contributed by atoms with Gasteiger partial charge >= 0.3 is 5.97 Å². The first-order chi connectivity index (χ1) is 8.00. The molecule has 0 bridgehead atoms. The van der Waals surface area contributed by atoms with Gasteiger partial charge in [-0.1, -0.05) is 43.6 Å². The van der Waals surface area contributed by atoms with Gasteiger partial charge < -0.3 is 10.5 Å². The van der Waals surface area contributed by atoms with Gasteiger partial charge in [-0.3, -0.25) is 4.79 Å². The summed E-state index contributed by atoms with van der Waals surface area (Å²) in [6.07, 6.45) is 0.399. The van der Waals surface area contributed by atoms with Crippen molar-refractivity contribution in [2.24, 2.45) is 11.7 Å². The quantitative estimate of drug-likeness (QED) is 0.822. The lowest BCUT2D eigenvalue weighted by Crippen LogP contribution is -2.35. The van der Waals surface area contributed by atoms with Crippen LogP contribution in [0.25, 0.3) is 0 Å². The number of benzene rings is 1. The summed E-state index contributed by atoms with van der Waals surface area (Å²) < 4.78 is 5.07. The Kier molecular flexibility index (Phi) is 5.45. The van der Waals surface area contributed by atoms with E-state index in [2.05, 4.69) is 0 Å². The van der Waals surface area contributed by atoms with Crippen molar-refractivity contribution >= 4 is 17.6 Å². The second-order valence-corrected chi connectivity index (χ2v) is 4.83. The third kappa shape index (κ3) is 4.75. The molecule has 17 heavy (non-hydrogen) atoms. The van der Waals surface area contributed by atoms with Crippen LogP contribution in [0, 0.1) is 5.92 Å². The topological polar surface area (TPSA) is 52.3 Å². The highest BCUT2D eigenvalue weighted by Gasteiger charge is 2.17. The number of ether oxygens (including phenoxy) is 1. The van der Waals surface area contributed by atoms with Crippen LogP contribution in [0.1, 0.15) is 19.4 Å². The fourth-order valence-electron chi connectivity index (χ4n) is 1.34. The second kappa shape index (κ2) is 6.62. The van der Waals surface area contributed by atoms with Crippen LogP contribution >= 0.6 is 11.6 Å². The average molecular weight is 256 g/mol. The van der Waals surface area contributed by atoms with Crippen LogP contribution in [-0.4, -0.2) is 18.6 Å². The molecule has 0 aliphatic heterocycles. The zero-order valence-electron chi connectivity index (χ0n) is 10.2. The van der Waals surface area contributed by atoms with E-state index >= 15 is 0 Å². The second-order valence-electron chi connectivity index (χ2n) is 4.43. The third-order valence-corrected chi connectivity index (χ3v) is 2.63. The van der Waals surface area contributed by atoms with E-state index in [-0.39, 0.29) is 5.97 Å². The van der Waals surface area contributed by atoms with Crippen LogP contribution in [0.5, 0.6) is 0 Å². The van der Waals surface area contributed by atoms with E-state index in [1.807, 2.05) is 32.0 Å². The summed E-state index contributed by atoms with van der Waals surface area (Å²) in [5.74, 6) is -0.0647. The Morgan fingerprint density at radius 2 is 2.06 bits per heavy atom. The number of hydrogen-bond acceptors (Lipinski definition) is 3. The van der Waals surface area contributed by atoms with E-state index in [1.165, 1.54) is 0 Å². The first kappa shape index (κ1) is 14.0. The van der Waals surface area contributed by atoms with Gasteiger partial charge in [-0.25, -0.2) is 0 Å². The van der Waals surface area contributed by atoms with Crippen molar-refractivity contribution in [1.29, 1.82) is 0 Å². The van der Waals surface area contributed by atoms with Gasteiger partial charge in [0, 0.05) is 5.02 Å². The monoisotopic (exact) mass is 255 g/mol. The van der Waals surface area contributed by atoms with E-state index in [0.717, 1.165) is 5.56 Å². The number of halogens is 1. The average Bonchev–Trinajstić information content (AvgIpc) is 2.28. The largest absolute Gasteiger partial charge is 0.464 e. The molecule has 94 valence electrons. The van der Waals surface area contributed by atoms with Crippen molar-refractivity contribution in [2.45, 2.75) is 26.3 Å². The van der Waals surface area contributed by atoms with Gasteiger partial charge in [0.25, 0.3) is 0 Å². The predicted octanol–water partition coefficient (Wildman–Crippen LogP) is 2.41. The summed E-state index contributed by atoms with van der Waals surface area (Å²) in [7, 11) is 0. The zero-order valence-corrected chi connectivity index (χ0v) is 10.9. The van der Waals surface area contributed by atoms with Crippen molar-refractivity contribution < 1.29 is 9.53 Å². The molecule has 1 atom stereocenters. The lowest BCUT2D eigenvalue weighted by Gasteiger charge is -2.13. The summed E-state index contributed by atoms with van der Waals surface area (Å²) in [6, 6.07) is 6.69. The molecular formula is C13H18ClNO2. The smallest absolute Gasteiger partial charge is 0.323 e. The maximum Gasteiger partial charge on any atom is 0.323 e. The van der Waals surface area contributed by atoms with Crippen LogP contribution in [0.4, 0.5) is 0 Å². The Hall–Kier alpha value is -1.06. The Bertz CT molecular complexity index is 379. The number of rotatable bonds is 5. The standard InChI is InChI=1S/C13H18ClNO2/c1-9(2)8-17-13(16)12(15)7-10-5-3-4-6-11(10)14/h3-6,9,12H,7-8,15H2,1-2H3. The van der Waals surface area contributed by atoms with E-state index in [9.17, 15) is 4.79 Å². The molecule has 0 spiro atoms. The van der Waals surface area contributed by atoms with Crippen LogP contribution in [0.3, 0.4) is 0 Å². The molecule has 0 amide bonds. The fraction of sp³-hybridized carbons (Fsp3) is 0.462. The molecule has 0 fully saturated rings. The van der Waals surface area contributed by atoms with E-state index < -0.39 is 6.04 Å². The van der Waals surface area contributed by atoms with Gasteiger partial charge in [0.1, 0.15) is 6.04 Å². The van der Waals surface area contributed by atoms with Crippen molar-refractivity contribution in [1.82, 2.24) is 0 Å². The predicted molar refractivity (Wildman–Crippen MR) is 68.9 cm³/mol. The maximum atomic E-state index is 11.6. The van der Waals surface area contributed by atoms with Crippen LogP contribution in [0.2, 0.25) is 5.02 Å². The van der Waals surface area contributed by atoms with Crippen molar-refractivity contribution in [3.05, 3.63) is 34.9 Å². The highest BCUT2D eigenvalue weighted by Crippen LogP contribution is 2.16. The Labute approximate surface area is 107 Å². The number of carbonyl (C=O) groups excluding carboxylic acids is 1. The zero-order chi connectivity index (χ0) is 12.8. The Morgan fingerprint density at radius 3 is 2.65 bits per heavy atom. The van der Waals surface area contributed by atoms with E-state index in [1.54, 1.807) is 6.07 Å². The highest BCUT2D eigenvalue weighted by molar-refractivity contribution is 6.31. The third-order valence-electron chi connectivity index (χ3n) is 2.26. The van der Waals surface area contributed by atoms with Gasteiger partial charge in [0.2, 0.25) is 0 Å². The molecule has 0 saturated carbocycles. The van der Waals surface area contributed by atoms with Gasteiger partial charge in [-0.05, 0) is 24.0 Å². The molecule has 0 saturated heterocycles. The Morgan fingerprint density at radius 1 is 1.41 bits per heavy atom. The minimum atomic E-state index is -0.659. The lowest BCUT2D eigenvalue weighted by molar-refractivity contribution is -0.146. The fourth-order valence-corrected chi connectivity index (χ4v) is 1.55. The molecule has 2 N–H and O–H groups in total. The minimum absolute atomic E-state index is 0.312. The summed E-state index contributed by atoms with van der Waals surface area (Å²) in [5, 5.41) is 0.625. The van der Waals surface area contributed by atoms with Gasteiger partial charge in [-0.15, -0.1) is 0 Å². The summed E-state index contributed by atoms with van der Waals surface area (Å²) in [5.41, 5.74) is 6.64. The summed E-state index contributed by atoms with van der Waals surface area (Å²) in [6.45, 7) is 4.36. The molecule has 4 heteroatoms. The van der Waals surface area contributed by atoms with Gasteiger partial charge in [0.05, 0.1) is 6.61 Å². The molecule has 1 aromatic carbocycles. The molecule has 1 unspecified atom stereocenters. The normalized spacial score (nSPS) is 12.5. The molecule has 0 aliphatic rings. The van der Waals surface area contributed by atoms with Crippen molar-refractivity contribution in [3.8, 4) is 0 Å². The van der Waals surface area contributed by atoms with E-state index in [0.29, 0.717) is 24.0 Å². The molecule has 0 aliphatic carbocycles. The van der Waals surface area contributed by atoms with Crippen molar-refractivity contribution in [2.75, 3.05) is 6.61 Å². The number of hydrogen-bond donors (Lipinski definition) is 1.